The van der Waals surface area contributed by atoms with Crippen LogP contribution in [0, 0.1) is 0 Å². The Morgan fingerprint density at radius 1 is 1.03 bits per heavy atom. The molecule has 1 aromatic heterocycles. The van der Waals surface area contributed by atoms with Crippen LogP contribution >= 0.6 is 0 Å². The van der Waals surface area contributed by atoms with Crippen molar-refractivity contribution in [3.8, 4) is 11.3 Å². The summed E-state index contributed by atoms with van der Waals surface area (Å²) in [5.74, 6) is -2.00. The maximum absolute atomic E-state index is 12.9. The van der Waals surface area contributed by atoms with Crippen LogP contribution in [-0.2, 0) is 39.4 Å². The van der Waals surface area contributed by atoms with Gasteiger partial charge in [-0.3, -0.25) is 4.68 Å². The summed E-state index contributed by atoms with van der Waals surface area (Å²) in [6.07, 6.45) is -8.99. The van der Waals surface area contributed by atoms with Gasteiger partial charge in [-0.1, -0.05) is 30.3 Å². The van der Waals surface area contributed by atoms with E-state index in [2.05, 4.69) is 9.82 Å². The molecule has 37 heavy (non-hydrogen) atoms. The second-order valence-corrected chi connectivity index (χ2v) is 10.6. The van der Waals surface area contributed by atoms with Crippen LogP contribution in [0.25, 0.3) is 11.3 Å². The van der Waals surface area contributed by atoms with E-state index in [-0.39, 0.29) is 13.2 Å². The zero-order chi connectivity index (χ0) is 27.1. The van der Waals surface area contributed by atoms with Crippen LogP contribution in [-0.4, -0.2) is 43.3 Å². The number of nitrogens with one attached hydrogen (secondary N) is 1. The smallest absolute Gasteiger partial charge is 0.377 e. The van der Waals surface area contributed by atoms with Crippen LogP contribution in [0.5, 0.6) is 0 Å². The van der Waals surface area contributed by atoms with Crippen LogP contribution in [0.3, 0.4) is 0 Å². The van der Waals surface area contributed by atoms with Crippen molar-refractivity contribution in [3.63, 3.8) is 0 Å². The Balaban J connectivity index is 1.60. The molecule has 0 saturated carbocycles. The van der Waals surface area contributed by atoms with Gasteiger partial charge in [0.05, 0.1) is 24.5 Å². The summed E-state index contributed by atoms with van der Waals surface area (Å²) in [5, 5.41) is 4.56. The molecule has 0 unspecified atom stereocenters. The first-order valence-corrected chi connectivity index (χ1v) is 12.8. The molecule has 2 aromatic carbocycles. The number of sulfonamides is 1. The topological polar surface area (TPSA) is 73.2 Å². The lowest BCUT2D eigenvalue weighted by Crippen LogP contribution is -2.60. The highest BCUT2D eigenvalue weighted by Crippen LogP contribution is 2.34. The monoisotopic (exact) mass is 547 g/mol. The minimum atomic E-state index is -4.89. The molecule has 0 atom stereocenters. The van der Waals surface area contributed by atoms with Gasteiger partial charge in [-0.25, -0.2) is 8.42 Å². The molecule has 1 aliphatic rings. The predicted octanol–water partition coefficient (Wildman–Crippen LogP) is 4.89. The summed E-state index contributed by atoms with van der Waals surface area (Å²) < 4.78 is 110. The number of rotatable bonds is 8. The van der Waals surface area contributed by atoms with Gasteiger partial charge in [0, 0.05) is 24.2 Å². The van der Waals surface area contributed by atoms with Gasteiger partial charge in [0.2, 0.25) is 10.0 Å². The van der Waals surface area contributed by atoms with E-state index in [1.54, 1.807) is 35.0 Å². The normalized spacial score (nSPS) is 16.0. The minimum Gasteiger partial charge on any atom is -0.377 e. The van der Waals surface area contributed by atoms with Crippen molar-refractivity contribution in [2.75, 3.05) is 19.0 Å². The maximum Gasteiger partial charge on any atom is 0.416 e. The van der Waals surface area contributed by atoms with Crippen LogP contribution in [0.15, 0.2) is 54.6 Å². The zero-order valence-electron chi connectivity index (χ0n) is 19.5. The molecule has 1 N–H and O–H groups in total. The van der Waals surface area contributed by atoms with Gasteiger partial charge >= 0.3 is 12.4 Å². The first-order chi connectivity index (χ1) is 17.2. The van der Waals surface area contributed by atoms with Crippen LogP contribution < -0.4 is 4.72 Å². The molecular weight excluding hydrogens is 524 g/mol. The van der Waals surface area contributed by atoms with Gasteiger partial charge in [0.25, 0.3) is 0 Å². The highest BCUT2D eigenvalue weighted by molar-refractivity contribution is 7.89. The molecule has 1 fully saturated rings. The molecule has 4 rings (SSSR count). The lowest BCUT2D eigenvalue weighted by atomic mass is 9.88. The fourth-order valence-electron chi connectivity index (χ4n) is 4.15. The standard InChI is InChI=1S/C24H23F6N3O3S/c1-2-33-20(10-16-6-8-18(9-7-16)24(28,29)30)12-21(31-33)17-4-3-5-19(11-17)22(13-36-14-22)32-37(34,35)15-23(25,26)27/h3-9,11-12,32H,2,10,13-15H2,1H3. The molecule has 0 spiro atoms. The number of benzene rings is 2. The molecule has 1 aliphatic heterocycles. The average Bonchev–Trinajstić information content (AvgIpc) is 3.17. The largest absolute Gasteiger partial charge is 0.416 e. The van der Waals surface area contributed by atoms with E-state index in [0.29, 0.717) is 35.3 Å². The van der Waals surface area contributed by atoms with E-state index < -0.39 is 39.2 Å². The van der Waals surface area contributed by atoms with Gasteiger partial charge in [0.1, 0.15) is 5.54 Å². The fraction of sp³-hybridized carbons (Fsp3) is 0.375. The van der Waals surface area contributed by atoms with E-state index in [9.17, 15) is 34.8 Å². The van der Waals surface area contributed by atoms with Crippen LogP contribution in [0.4, 0.5) is 26.3 Å². The molecule has 13 heteroatoms. The molecule has 2 heterocycles. The van der Waals surface area contributed by atoms with Crippen LogP contribution in [0.1, 0.15) is 29.3 Å². The molecule has 3 aromatic rings. The third-order valence-electron chi connectivity index (χ3n) is 5.94. The summed E-state index contributed by atoms with van der Waals surface area (Å²) in [4.78, 5) is 0. The van der Waals surface area contributed by atoms with Crippen molar-refractivity contribution in [2.45, 2.75) is 37.8 Å². The quantitative estimate of drug-likeness (QED) is 0.408. The van der Waals surface area contributed by atoms with E-state index in [1.807, 2.05) is 6.92 Å². The minimum absolute atomic E-state index is 0.129. The predicted molar refractivity (Wildman–Crippen MR) is 123 cm³/mol. The third-order valence-corrected chi connectivity index (χ3v) is 7.35. The zero-order valence-corrected chi connectivity index (χ0v) is 20.3. The molecule has 1 saturated heterocycles. The molecule has 0 bridgehead atoms. The summed E-state index contributed by atoms with van der Waals surface area (Å²) in [7, 11) is -4.68. The van der Waals surface area contributed by atoms with Crippen molar-refractivity contribution in [1.82, 2.24) is 14.5 Å². The summed E-state index contributed by atoms with van der Waals surface area (Å²) in [5.41, 5.74) is 0.882. The number of aryl methyl sites for hydroxylation is 1. The van der Waals surface area contributed by atoms with Gasteiger partial charge in [-0.05, 0) is 42.3 Å². The number of nitrogens with zero attached hydrogens (tertiary/aromatic N) is 2. The molecule has 200 valence electrons. The lowest BCUT2D eigenvalue weighted by molar-refractivity contribution is -0.137. The summed E-state index contributed by atoms with van der Waals surface area (Å²) >= 11 is 0. The van der Waals surface area contributed by atoms with Gasteiger partial charge in [0.15, 0.2) is 5.75 Å². The lowest BCUT2D eigenvalue weighted by Gasteiger charge is -2.42. The Hall–Kier alpha value is -2.90. The Morgan fingerprint density at radius 3 is 2.24 bits per heavy atom. The number of ether oxygens (including phenoxy) is 1. The molecule has 0 radical (unpaired) electrons. The van der Waals surface area contributed by atoms with Crippen molar-refractivity contribution in [3.05, 3.63) is 77.0 Å². The Morgan fingerprint density at radius 2 is 1.70 bits per heavy atom. The highest BCUT2D eigenvalue weighted by Gasteiger charge is 2.46. The second kappa shape index (κ2) is 9.76. The number of hydrogen-bond donors (Lipinski definition) is 1. The number of halogens is 6. The van der Waals surface area contributed by atoms with Gasteiger partial charge < -0.3 is 4.74 Å². The first-order valence-electron chi connectivity index (χ1n) is 11.2. The fourth-order valence-corrected chi connectivity index (χ4v) is 5.48. The van der Waals surface area contributed by atoms with Gasteiger partial charge in [-0.15, -0.1) is 0 Å². The Bertz CT molecular complexity index is 1360. The van der Waals surface area contributed by atoms with Gasteiger partial charge in [-0.2, -0.15) is 36.2 Å². The third kappa shape index (κ3) is 6.33. The molecule has 0 aliphatic carbocycles. The molecule has 6 nitrogen and oxygen atoms in total. The number of alkyl halides is 6. The number of hydrogen-bond acceptors (Lipinski definition) is 4. The number of aromatic nitrogens is 2. The van der Waals surface area contributed by atoms with Crippen LogP contribution in [0.2, 0.25) is 0 Å². The SMILES string of the molecule is CCn1nc(-c2cccc(C3(NS(=O)(=O)CC(F)(F)F)COC3)c2)cc1Cc1ccc(C(F)(F)F)cc1. The van der Waals surface area contributed by atoms with Crippen molar-refractivity contribution < 1.29 is 39.5 Å². The van der Waals surface area contributed by atoms with Crippen molar-refractivity contribution in [1.29, 1.82) is 0 Å². The summed E-state index contributed by atoms with van der Waals surface area (Å²) in [6.45, 7) is 2.09. The average molecular weight is 548 g/mol. The Kier molecular flexibility index (Phi) is 7.16. The first kappa shape index (κ1) is 27.1. The van der Waals surface area contributed by atoms with E-state index in [0.717, 1.165) is 17.8 Å². The maximum atomic E-state index is 12.9. The second-order valence-electron chi connectivity index (χ2n) is 8.84. The highest BCUT2D eigenvalue weighted by atomic mass is 32.2. The Labute approximate surface area is 209 Å². The van der Waals surface area contributed by atoms with E-state index in [1.165, 1.54) is 12.1 Å². The van der Waals surface area contributed by atoms with E-state index >= 15 is 0 Å². The summed E-state index contributed by atoms with van der Waals surface area (Å²) in [6, 6.07) is 13.2. The molecule has 0 amide bonds. The van der Waals surface area contributed by atoms with E-state index in [4.69, 9.17) is 4.74 Å². The van der Waals surface area contributed by atoms with Crippen molar-refractivity contribution >= 4 is 10.0 Å². The molecular formula is C24H23F6N3O3S. The van der Waals surface area contributed by atoms with Crippen molar-refractivity contribution in [2.24, 2.45) is 0 Å².